The van der Waals surface area contributed by atoms with Crippen molar-refractivity contribution in [3.05, 3.63) is 11.6 Å². The third kappa shape index (κ3) is 3.21. The third-order valence-corrected chi connectivity index (χ3v) is 2.74. The molecule has 1 aliphatic carbocycles. The Morgan fingerprint density at radius 1 is 1.46 bits per heavy atom. The molecule has 0 aromatic carbocycles. The van der Waals surface area contributed by atoms with Gasteiger partial charge in [-0.2, -0.15) is 0 Å². The molecule has 0 N–H and O–H groups in total. The molecule has 13 heavy (non-hydrogen) atoms. The molecule has 0 atom stereocenters. The molecule has 0 amide bonds. The van der Waals surface area contributed by atoms with Gasteiger partial charge < -0.3 is 4.74 Å². The van der Waals surface area contributed by atoms with Crippen molar-refractivity contribution in [2.45, 2.75) is 39.0 Å². The molecule has 0 aromatic heterocycles. The predicted octanol–water partition coefficient (Wildman–Crippen LogP) is 2.69. The van der Waals surface area contributed by atoms with Crippen LogP contribution in [0.1, 0.15) is 39.0 Å². The van der Waals surface area contributed by atoms with Crippen LogP contribution in [0.5, 0.6) is 0 Å². The van der Waals surface area contributed by atoms with Gasteiger partial charge in [-0.15, -0.1) is 0 Å². The lowest BCUT2D eigenvalue weighted by Gasteiger charge is -2.04. The highest BCUT2D eigenvalue weighted by atomic mass is 16.5. The van der Waals surface area contributed by atoms with Crippen LogP contribution in [-0.4, -0.2) is 13.1 Å². The van der Waals surface area contributed by atoms with Gasteiger partial charge in [0.15, 0.2) is 0 Å². The maximum Gasteiger partial charge on any atom is 0.333 e. The highest BCUT2D eigenvalue weighted by Gasteiger charge is 2.14. The van der Waals surface area contributed by atoms with E-state index in [1.807, 2.05) is 13.0 Å². The van der Waals surface area contributed by atoms with E-state index in [1.54, 1.807) is 0 Å². The maximum absolute atomic E-state index is 11.0. The van der Waals surface area contributed by atoms with E-state index in [9.17, 15) is 4.79 Å². The Bertz CT molecular complexity index is 200. The van der Waals surface area contributed by atoms with Crippen LogP contribution < -0.4 is 0 Å². The summed E-state index contributed by atoms with van der Waals surface area (Å²) >= 11 is 0. The smallest absolute Gasteiger partial charge is 0.333 e. The van der Waals surface area contributed by atoms with Crippen molar-refractivity contribution < 1.29 is 9.53 Å². The number of carbonyl (C=O) groups is 1. The molecular formula is C11H18O2. The van der Waals surface area contributed by atoms with Gasteiger partial charge in [0.25, 0.3) is 0 Å². The standard InChI is InChI=1S/C11H18O2/c1-9(11(12)13-2)7-8-10-5-3-4-6-10/h7,10H,3-6,8H2,1-2H3/b9-7+. The van der Waals surface area contributed by atoms with Gasteiger partial charge in [0.2, 0.25) is 0 Å². The lowest BCUT2D eigenvalue weighted by atomic mass is 10.0. The van der Waals surface area contributed by atoms with Crippen molar-refractivity contribution in [3.63, 3.8) is 0 Å². The van der Waals surface area contributed by atoms with E-state index in [1.165, 1.54) is 32.8 Å². The van der Waals surface area contributed by atoms with Gasteiger partial charge in [0.05, 0.1) is 7.11 Å². The average Bonchev–Trinajstić information content (AvgIpc) is 2.65. The first-order valence-corrected chi connectivity index (χ1v) is 4.99. The summed E-state index contributed by atoms with van der Waals surface area (Å²) in [5.41, 5.74) is 0.745. The first-order chi connectivity index (χ1) is 6.24. The number of carbonyl (C=O) groups excluding carboxylic acids is 1. The number of rotatable bonds is 3. The Morgan fingerprint density at radius 3 is 2.62 bits per heavy atom. The van der Waals surface area contributed by atoms with Crippen molar-refractivity contribution in [2.24, 2.45) is 5.92 Å². The fraction of sp³-hybridized carbons (Fsp3) is 0.727. The van der Waals surface area contributed by atoms with Crippen LogP contribution in [0, 0.1) is 5.92 Å². The van der Waals surface area contributed by atoms with Gasteiger partial charge in [-0.25, -0.2) is 4.79 Å². The normalized spacial score (nSPS) is 19.1. The first-order valence-electron chi connectivity index (χ1n) is 4.99. The van der Waals surface area contributed by atoms with Crippen LogP contribution in [0.2, 0.25) is 0 Å². The zero-order valence-electron chi connectivity index (χ0n) is 8.51. The zero-order valence-corrected chi connectivity index (χ0v) is 8.51. The summed E-state index contributed by atoms with van der Waals surface area (Å²) < 4.78 is 4.62. The van der Waals surface area contributed by atoms with Crippen LogP contribution in [0.3, 0.4) is 0 Å². The van der Waals surface area contributed by atoms with Crippen molar-refractivity contribution in [1.82, 2.24) is 0 Å². The maximum atomic E-state index is 11.0. The predicted molar refractivity (Wildman–Crippen MR) is 52.3 cm³/mol. The molecule has 1 aliphatic rings. The van der Waals surface area contributed by atoms with Crippen molar-refractivity contribution >= 4 is 5.97 Å². The van der Waals surface area contributed by atoms with Crippen molar-refractivity contribution in [3.8, 4) is 0 Å². The second-order valence-corrected chi connectivity index (χ2v) is 3.76. The fourth-order valence-corrected chi connectivity index (χ4v) is 1.83. The quantitative estimate of drug-likeness (QED) is 0.495. The summed E-state index contributed by atoms with van der Waals surface area (Å²) in [4.78, 5) is 11.0. The molecule has 0 heterocycles. The van der Waals surface area contributed by atoms with Crippen LogP contribution in [0.4, 0.5) is 0 Å². The van der Waals surface area contributed by atoms with Crippen molar-refractivity contribution in [1.29, 1.82) is 0 Å². The molecule has 2 heteroatoms. The molecule has 1 saturated carbocycles. The van der Waals surface area contributed by atoms with E-state index >= 15 is 0 Å². The average molecular weight is 182 g/mol. The molecule has 2 nitrogen and oxygen atoms in total. The topological polar surface area (TPSA) is 26.3 Å². The van der Waals surface area contributed by atoms with E-state index in [0.717, 1.165) is 17.9 Å². The Balaban J connectivity index is 2.33. The van der Waals surface area contributed by atoms with Gasteiger partial charge >= 0.3 is 5.97 Å². The van der Waals surface area contributed by atoms with Crippen molar-refractivity contribution in [2.75, 3.05) is 7.11 Å². The molecule has 0 spiro atoms. The second-order valence-electron chi connectivity index (χ2n) is 3.76. The number of allylic oxidation sites excluding steroid dienone is 1. The number of esters is 1. The Hall–Kier alpha value is -0.790. The number of hydrogen-bond acceptors (Lipinski definition) is 2. The summed E-state index contributed by atoms with van der Waals surface area (Å²) in [5, 5.41) is 0. The largest absolute Gasteiger partial charge is 0.466 e. The minimum absolute atomic E-state index is 0.196. The van der Waals surface area contributed by atoms with Gasteiger partial charge in [0, 0.05) is 5.57 Å². The van der Waals surface area contributed by atoms with Crippen LogP contribution >= 0.6 is 0 Å². The van der Waals surface area contributed by atoms with E-state index < -0.39 is 0 Å². The highest BCUT2D eigenvalue weighted by molar-refractivity contribution is 5.87. The Labute approximate surface area is 80.0 Å². The molecule has 0 saturated heterocycles. The molecule has 0 bridgehead atoms. The van der Waals surface area contributed by atoms with E-state index in [0.29, 0.717) is 0 Å². The summed E-state index contributed by atoms with van der Waals surface area (Å²) in [6, 6.07) is 0. The zero-order chi connectivity index (χ0) is 9.68. The summed E-state index contributed by atoms with van der Waals surface area (Å²) in [7, 11) is 1.43. The van der Waals surface area contributed by atoms with E-state index in [-0.39, 0.29) is 5.97 Å². The van der Waals surface area contributed by atoms with Gasteiger partial charge in [-0.3, -0.25) is 0 Å². The fourth-order valence-electron chi connectivity index (χ4n) is 1.83. The lowest BCUT2D eigenvalue weighted by molar-refractivity contribution is -0.136. The first kappa shape index (κ1) is 10.3. The molecule has 0 radical (unpaired) electrons. The van der Waals surface area contributed by atoms with Gasteiger partial charge in [0.1, 0.15) is 0 Å². The third-order valence-electron chi connectivity index (χ3n) is 2.74. The molecule has 1 fully saturated rings. The minimum Gasteiger partial charge on any atom is -0.466 e. The van der Waals surface area contributed by atoms with Gasteiger partial charge in [-0.05, 0) is 19.3 Å². The number of ether oxygens (including phenoxy) is 1. The second kappa shape index (κ2) is 5.05. The Kier molecular flexibility index (Phi) is 4.00. The van der Waals surface area contributed by atoms with Crippen LogP contribution in [0.15, 0.2) is 11.6 Å². The van der Waals surface area contributed by atoms with E-state index in [2.05, 4.69) is 4.74 Å². The molecule has 1 rings (SSSR count). The minimum atomic E-state index is -0.196. The Morgan fingerprint density at radius 2 is 2.08 bits per heavy atom. The molecular weight excluding hydrogens is 164 g/mol. The van der Waals surface area contributed by atoms with Crippen LogP contribution in [0.25, 0.3) is 0 Å². The highest BCUT2D eigenvalue weighted by Crippen LogP contribution is 2.28. The SMILES string of the molecule is COC(=O)/C(C)=C/CC1CCCC1. The molecule has 0 aromatic rings. The lowest BCUT2D eigenvalue weighted by Crippen LogP contribution is -2.02. The molecule has 0 unspecified atom stereocenters. The summed E-state index contributed by atoms with van der Waals surface area (Å²) in [6.45, 7) is 1.82. The monoisotopic (exact) mass is 182 g/mol. The summed E-state index contributed by atoms with van der Waals surface area (Å²) in [6.07, 6.45) is 8.42. The van der Waals surface area contributed by atoms with Crippen LogP contribution in [-0.2, 0) is 9.53 Å². The molecule has 0 aliphatic heterocycles. The number of methoxy groups -OCH3 is 1. The van der Waals surface area contributed by atoms with Gasteiger partial charge in [-0.1, -0.05) is 31.8 Å². The molecule has 74 valence electrons. The summed E-state index contributed by atoms with van der Waals surface area (Å²) in [5.74, 6) is 0.609. The van der Waals surface area contributed by atoms with E-state index in [4.69, 9.17) is 0 Å². The number of hydrogen-bond donors (Lipinski definition) is 0.